The SMILES string of the molecule is Cn1cnc(S(=O)(=O)N2CCOC(CCc3cc(=O)[nH]cn3)C2)c1. The summed E-state index contributed by atoms with van der Waals surface area (Å²) in [5.74, 6) is 0. The van der Waals surface area contributed by atoms with Gasteiger partial charge in [-0.2, -0.15) is 4.31 Å². The van der Waals surface area contributed by atoms with Crippen molar-refractivity contribution >= 4 is 10.0 Å². The Hall–Kier alpha value is -2.04. The highest BCUT2D eigenvalue weighted by molar-refractivity contribution is 7.89. The highest BCUT2D eigenvalue weighted by atomic mass is 32.2. The molecule has 2 aromatic heterocycles. The van der Waals surface area contributed by atoms with Gasteiger partial charge in [-0.3, -0.25) is 4.79 Å². The number of aromatic amines is 1. The van der Waals surface area contributed by atoms with Gasteiger partial charge in [0.1, 0.15) is 0 Å². The number of aryl methyl sites for hydroxylation is 2. The van der Waals surface area contributed by atoms with Gasteiger partial charge in [-0.05, 0) is 12.8 Å². The zero-order valence-electron chi connectivity index (χ0n) is 13.3. The van der Waals surface area contributed by atoms with E-state index >= 15 is 0 Å². The topological polar surface area (TPSA) is 110 Å². The summed E-state index contributed by atoms with van der Waals surface area (Å²) in [6, 6.07) is 1.44. The number of hydrogen-bond acceptors (Lipinski definition) is 6. The summed E-state index contributed by atoms with van der Waals surface area (Å²) >= 11 is 0. The molecule has 3 heterocycles. The molecule has 0 radical (unpaired) electrons. The maximum Gasteiger partial charge on any atom is 0.262 e. The van der Waals surface area contributed by atoms with Crippen LogP contribution < -0.4 is 5.56 Å². The van der Waals surface area contributed by atoms with Crippen LogP contribution in [0.1, 0.15) is 12.1 Å². The average molecular weight is 353 g/mol. The zero-order valence-corrected chi connectivity index (χ0v) is 14.1. The Morgan fingerprint density at radius 1 is 1.42 bits per heavy atom. The van der Waals surface area contributed by atoms with Gasteiger partial charge in [0.25, 0.3) is 15.6 Å². The molecule has 0 aliphatic carbocycles. The van der Waals surface area contributed by atoms with Gasteiger partial charge in [0, 0.05) is 38.1 Å². The molecule has 1 aliphatic rings. The number of hydrogen-bond donors (Lipinski definition) is 1. The normalized spacial score (nSPS) is 19.5. The first kappa shape index (κ1) is 16.8. The lowest BCUT2D eigenvalue weighted by Crippen LogP contribution is -2.45. The van der Waals surface area contributed by atoms with E-state index in [1.54, 1.807) is 11.6 Å². The van der Waals surface area contributed by atoms with Crippen molar-refractivity contribution in [3.63, 3.8) is 0 Å². The molecule has 1 atom stereocenters. The van der Waals surface area contributed by atoms with Crippen LogP contribution in [-0.4, -0.2) is 58.0 Å². The maximum atomic E-state index is 12.6. The van der Waals surface area contributed by atoms with Crippen LogP contribution in [0.15, 0.2) is 34.7 Å². The number of rotatable bonds is 5. The number of nitrogens with one attached hydrogen (secondary N) is 1. The average Bonchev–Trinajstić information content (AvgIpc) is 3.01. The van der Waals surface area contributed by atoms with Crippen LogP contribution in [0.3, 0.4) is 0 Å². The first-order valence-electron chi connectivity index (χ1n) is 7.58. The molecule has 0 bridgehead atoms. The van der Waals surface area contributed by atoms with E-state index in [2.05, 4.69) is 15.0 Å². The van der Waals surface area contributed by atoms with Crippen LogP contribution in [0.5, 0.6) is 0 Å². The van der Waals surface area contributed by atoms with Crippen LogP contribution in [0, 0.1) is 0 Å². The van der Waals surface area contributed by atoms with E-state index in [1.165, 1.54) is 29.2 Å². The van der Waals surface area contributed by atoms with Gasteiger partial charge < -0.3 is 14.3 Å². The van der Waals surface area contributed by atoms with Crippen molar-refractivity contribution in [2.75, 3.05) is 19.7 Å². The minimum Gasteiger partial charge on any atom is -0.375 e. The fourth-order valence-corrected chi connectivity index (χ4v) is 4.02. The molecule has 0 aromatic carbocycles. The molecular formula is C14H19N5O4S. The Balaban J connectivity index is 1.65. The summed E-state index contributed by atoms with van der Waals surface area (Å²) in [4.78, 5) is 21.7. The molecule has 1 aliphatic heterocycles. The monoisotopic (exact) mass is 353 g/mol. The molecule has 0 amide bonds. The van der Waals surface area contributed by atoms with E-state index in [4.69, 9.17) is 4.74 Å². The van der Waals surface area contributed by atoms with E-state index in [-0.39, 0.29) is 23.2 Å². The van der Waals surface area contributed by atoms with Crippen molar-refractivity contribution in [1.82, 2.24) is 23.8 Å². The number of sulfonamides is 1. The molecule has 1 N–H and O–H groups in total. The second-order valence-corrected chi connectivity index (χ2v) is 7.56. The van der Waals surface area contributed by atoms with E-state index in [0.29, 0.717) is 31.7 Å². The van der Waals surface area contributed by atoms with Gasteiger partial charge in [-0.1, -0.05) is 0 Å². The molecule has 0 spiro atoms. The molecule has 1 saturated heterocycles. The van der Waals surface area contributed by atoms with Gasteiger partial charge >= 0.3 is 0 Å². The summed E-state index contributed by atoms with van der Waals surface area (Å²) in [7, 11) is -1.89. The summed E-state index contributed by atoms with van der Waals surface area (Å²) in [5.41, 5.74) is 0.455. The van der Waals surface area contributed by atoms with Gasteiger partial charge in [-0.25, -0.2) is 18.4 Å². The standard InChI is InChI=1S/C14H19N5O4S/c1-18-8-14(17-10-18)24(21,22)19-4-5-23-12(7-19)3-2-11-6-13(20)16-9-15-11/h6,8-10,12H,2-5,7H2,1H3,(H,15,16,20). The highest BCUT2D eigenvalue weighted by Gasteiger charge is 2.32. The molecule has 2 aromatic rings. The minimum absolute atomic E-state index is 0.0434. The zero-order chi connectivity index (χ0) is 17.2. The van der Waals surface area contributed by atoms with Crippen molar-refractivity contribution in [2.24, 2.45) is 7.05 Å². The number of nitrogens with zero attached hydrogens (tertiary/aromatic N) is 4. The van der Waals surface area contributed by atoms with Gasteiger partial charge in [0.05, 0.1) is 25.4 Å². The van der Waals surface area contributed by atoms with E-state index < -0.39 is 10.0 Å². The lowest BCUT2D eigenvalue weighted by atomic mass is 10.1. The predicted molar refractivity (Wildman–Crippen MR) is 84.9 cm³/mol. The Labute approximate surface area is 139 Å². The molecule has 10 heteroatoms. The molecule has 1 unspecified atom stereocenters. The molecule has 1 fully saturated rings. The number of aromatic nitrogens is 4. The quantitative estimate of drug-likeness (QED) is 0.778. The number of imidazole rings is 1. The lowest BCUT2D eigenvalue weighted by Gasteiger charge is -2.31. The van der Waals surface area contributed by atoms with Crippen molar-refractivity contribution < 1.29 is 13.2 Å². The summed E-state index contributed by atoms with van der Waals surface area (Å²) in [5, 5.41) is 0.0434. The van der Waals surface area contributed by atoms with E-state index in [1.807, 2.05) is 0 Å². The third-order valence-electron chi connectivity index (χ3n) is 3.84. The number of morpholine rings is 1. The van der Waals surface area contributed by atoms with Crippen molar-refractivity contribution in [3.8, 4) is 0 Å². The minimum atomic E-state index is -3.61. The van der Waals surface area contributed by atoms with Crippen LogP contribution in [-0.2, 0) is 28.2 Å². The molecule has 130 valence electrons. The molecular weight excluding hydrogens is 334 g/mol. The summed E-state index contributed by atoms with van der Waals surface area (Å²) < 4.78 is 33.9. The lowest BCUT2D eigenvalue weighted by molar-refractivity contribution is -0.00545. The smallest absolute Gasteiger partial charge is 0.262 e. The van der Waals surface area contributed by atoms with Crippen molar-refractivity contribution in [1.29, 1.82) is 0 Å². The fraction of sp³-hybridized carbons (Fsp3) is 0.500. The number of H-pyrrole nitrogens is 1. The molecule has 24 heavy (non-hydrogen) atoms. The van der Waals surface area contributed by atoms with Gasteiger partial charge in [-0.15, -0.1) is 0 Å². The Morgan fingerprint density at radius 2 is 2.25 bits per heavy atom. The largest absolute Gasteiger partial charge is 0.375 e. The second kappa shape index (κ2) is 6.83. The van der Waals surface area contributed by atoms with E-state index in [0.717, 1.165) is 0 Å². The van der Waals surface area contributed by atoms with Crippen molar-refractivity contribution in [3.05, 3.63) is 41.0 Å². The predicted octanol–water partition coefficient (Wildman–Crippen LogP) is -0.474. The Kier molecular flexibility index (Phi) is 4.78. The van der Waals surface area contributed by atoms with Crippen LogP contribution >= 0.6 is 0 Å². The van der Waals surface area contributed by atoms with Crippen molar-refractivity contribution in [2.45, 2.75) is 24.0 Å². The van der Waals surface area contributed by atoms with Gasteiger partial charge in [0.2, 0.25) is 0 Å². The van der Waals surface area contributed by atoms with E-state index in [9.17, 15) is 13.2 Å². The number of ether oxygens (including phenoxy) is 1. The third kappa shape index (κ3) is 3.71. The van der Waals surface area contributed by atoms with Crippen LogP contribution in [0.4, 0.5) is 0 Å². The first-order valence-corrected chi connectivity index (χ1v) is 9.02. The molecule has 9 nitrogen and oxygen atoms in total. The summed E-state index contributed by atoms with van der Waals surface area (Å²) in [6.45, 7) is 0.903. The van der Waals surface area contributed by atoms with Crippen LogP contribution in [0.2, 0.25) is 0 Å². The molecule has 3 rings (SSSR count). The third-order valence-corrected chi connectivity index (χ3v) is 5.60. The Bertz CT molecular complexity index is 860. The van der Waals surface area contributed by atoms with Crippen LogP contribution in [0.25, 0.3) is 0 Å². The van der Waals surface area contributed by atoms with Gasteiger partial charge in [0.15, 0.2) is 5.03 Å². The Morgan fingerprint density at radius 3 is 2.96 bits per heavy atom. The first-order chi connectivity index (χ1) is 11.4. The molecule has 0 saturated carbocycles. The second-order valence-electron chi connectivity index (χ2n) is 5.67. The highest BCUT2D eigenvalue weighted by Crippen LogP contribution is 2.19. The fourth-order valence-electron chi connectivity index (χ4n) is 2.59. The maximum absolute atomic E-state index is 12.6. The summed E-state index contributed by atoms with van der Waals surface area (Å²) in [6.07, 6.45) is 5.20.